The lowest BCUT2D eigenvalue weighted by Crippen LogP contribution is -2.82. The van der Waals surface area contributed by atoms with Gasteiger partial charge in [0.2, 0.25) is 0 Å². The molecule has 1 fully saturated rings. The van der Waals surface area contributed by atoms with Crippen LogP contribution in [-0.4, -0.2) is 18.8 Å². The number of rotatable bonds is 2. The highest BCUT2D eigenvalue weighted by molar-refractivity contribution is 4.76. The predicted octanol–water partition coefficient (Wildman–Crippen LogP) is 0.301. The van der Waals surface area contributed by atoms with E-state index in [1.807, 2.05) is 5.32 Å². The van der Waals surface area contributed by atoms with E-state index in [9.17, 15) is 0 Å². The van der Waals surface area contributed by atoms with Gasteiger partial charge in [0.25, 0.3) is 0 Å². The molecule has 0 bridgehead atoms. The van der Waals surface area contributed by atoms with Crippen LogP contribution in [0.25, 0.3) is 0 Å². The van der Waals surface area contributed by atoms with E-state index < -0.39 is 0 Å². The van der Waals surface area contributed by atoms with Crippen LogP contribution in [0.5, 0.6) is 0 Å². The van der Waals surface area contributed by atoms with Gasteiger partial charge >= 0.3 is 0 Å². The van der Waals surface area contributed by atoms with Crippen LogP contribution in [-0.2, 0) is 4.74 Å². The number of hydrogen-bond donors (Lipinski definition) is 1. The van der Waals surface area contributed by atoms with Gasteiger partial charge in [0.1, 0.15) is 5.60 Å². The van der Waals surface area contributed by atoms with Crippen LogP contribution in [0.2, 0.25) is 0 Å². The van der Waals surface area contributed by atoms with Gasteiger partial charge in [-0.2, -0.15) is 7.05 Å². The minimum Gasteiger partial charge on any atom is -0.476 e. The van der Waals surface area contributed by atoms with E-state index in [1.54, 1.807) is 0 Å². The van der Waals surface area contributed by atoms with Crippen molar-refractivity contribution in [2.45, 2.75) is 31.8 Å². The molecule has 1 aliphatic rings. The lowest BCUT2D eigenvalue weighted by atomic mass is 9.96. The average molecular weight is 143 g/mol. The Kier molecular flexibility index (Phi) is 2.69. The van der Waals surface area contributed by atoms with Gasteiger partial charge in [0, 0.05) is 6.61 Å². The molecule has 60 valence electrons. The first-order chi connectivity index (χ1) is 4.77. The molecule has 0 aromatic rings. The lowest BCUT2D eigenvalue weighted by Gasteiger charge is -2.32. The highest BCUT2D eigenvalue weighted by Gasteiger charge is 2.27. The fourth-order valence-corrected chi connectivity index (χ4v) is 1.46. The molecule has 2 nitrogen and oxygen atoms in total. The van der Waals surface area contributed by atoms with Crippen LogP contribution in [0.15, 0.2) is 0 Å². The van der Waals surface area contributed by atoms with Gasteiger partial charge in [0.15, 0.2) is 0 Å². The number of ether oxygens (including phenoxy) is 1. The molecule has 0 spiro atoms. The second-order valence-corrected chi connectivity index (χ2v) is 3.25. The van der Waals surface area contributed by atoms with Gasteiger partial charge in [-0.05, 0) is 26.2 Å². The molecule has 10 heavy (non-hydrogen) atoms. The minimum absolute atomic E-state index is 0.111. The minimum atomic E-state index is 0.111. The molecule has 0 amide bonds. The normalized spacial score (nSPS) is 34.2. The Hall–Kier alpha value is -0.0800. The van der Waals surface area contributed by atoms with Crippen LogP contribution < -0.4 is 5.32 Å². The van der Waals surface area contributed by atoms with Crippen molar-refractivity contribution in [3.8, 4) is 0 Å². The van der Waals surface area contributed by atoms with E-state index >= 15 is 0 Å². The smallest absolute Gasteiger partial charge is 0.112 e. The molecule has 0 aromatic heterocycles. The van der Waals surface area contributed by atoms with E-state index in [-0.39, 0.29) is 5.60 Å². The fraction of sp³-hybridized carbons (Fsp3) is 0.875. The fourth-order valence-electron chi connectivity index (χ4n) is 1.46. The Balaban J connectivity index is 2.32. The van der Waals surface area contributed by atoms with E-state index in [0.29, 0.717) is 0 Å². The maximum absolute atomic E-state index is 5.63. The standard InChI is InChI=1S/C8H17NO/c1-8(7-9-2)5-3-4-6-10-8/h2-7,9H2,1H3. The zero-order valence-electron chi connectivity index (χ0n) is 6.73. The maximum atomic E-state index is 5.63. The SMILES string of the molecule is [CH2-][NH2+]CC1(C)CCCCO1. The van der Waals surface area contributed by atoms with E-state index in [1.165, 1.54) is 19.3 Å². The summed E-state index contributed by atoms with van der Waals surface area (Å²) in [6.45, 7) is 4.10. The lowest BCUT2D eigenvalue weighted by molar-refractivity contribution is -0.611. The molecule has 2 N–H and O–H groups in total. The summed E-state index contributed by atoms with van der Waals surface area (Å²) in [5, 5.41) is 1.95. The van der Waals surface area contributed by atoms with Gasteiger partial charge in [-0.3, -0.25) is 0 Å². The van der Waals surface area contributed by atoms with Crippen LogP contribution in [0, 0.1) is 7.05 Å². The Morgan fingerprint density at radius 3 is 2.90 bits per heavy atom. The highest BCUT2D eigenvalue weighted by atomic mass is 16.5. The van der Waals surface area contributed by atoms with Crippen molar-refractivity contribution in [2.75, 3.05) is 13.2 Å². The number of hydrogen-bond acceptors (Lipinski definition) is 1. The zero-order chi connectivity index (χ0) is 7.45. The first-order valence-corrected chi connectivity index (χ1v) is 4.02. The third-order valence-electron chi connectivity index (χ3n) is 2.13. The quantitative estimate of drug-likeness (QED) is 0.553. The molecule has 0 saturated carbocycles. The molecule has 0 radical (unpaired) electrons. The second kappa shape index (κ2) is 3.35. The van der Waals surface area contributed by atoms with Crippen molar-refractivity contribution < 1.29 is 10.1 Å². The molecular weight excluding hydrogens is 126 g/mol. The largest absolute Gasteiger partial charge is 0.476 e. The zero-order valence-corrected chi connectivity index (χ0v) is 6.73. The Morgan fingerprint density at radius 1 is 1.60 bits per heavy atom. The topological polar surface area (TPSA) is 25.8 Å². The van der Waals surface area contributed by atoms with Crippen molar-refractivity contribution in [1.29, 1.82) is 0 Å². The summed E-state index contributed by atoms with van der Waals surface area (Å²) in [6.07, 6.45) is 3.73. The van der Waals surface area contributed by atoms with Gasteiger partial charge in [-0.25, -0.2) is 0 Å². The first-order valence-electron chi connectivity index (χ1n) is 4.02. The van der Waals surface area contributed by atoms with Crippen molar-refractivity contribution in [1.82, 2.24) is 0 Å². The summed E-state index contributed by atoms with van der Waals surface area (Å²) in [4.78, 5) is 0. The third kappa shape index (κ3) is 1.96. The van der Waals surface area contributed by atoms with Crippen molar-refractivity contribution in [3.63, 3.8) is 0 Å². The van der Waals surface area contributed by atoms with Gasteiger partial charge in [0.05, 0.1) is 6.54 Å². The Morgan fingerprint density at radius 2 is 2.40 bits per heavy atom. The van der Waals surface area contributed by atoms with Gasteiger partial charge in [-0.1, -0.05) is 0 Å². The van der Waals surface area contributed by atoms with Crippen LogP contribution >= 0.6 is 0 Å². The summed E-state index contributed by atoms with van der Waals surface area (Å²) in [6, 6.07) is 0. The maximum Gasteiger partial charge on any atom is 0.112 e. The van der Waals surface area contributed by atoms with E-state index in [0.717, 1.165) is 13.2 Å². The molecule has 2 heteroatoms. The Labute approximate surface area is 63.0 Å². The summed E-state index contributed by atoms with van der Waals surface area (Å²) in [5.41, 5.74) is 0.111. The molecule has 1 atom stereocenters. The van der Waals surface area contributed by atoms with Crippen molar-refractivity contribution >= 4 is 0 Å². The van der Waals surface area contributed by atoms with Gasteiger partial charge in [-0.15, -0.1) is 0 Å². The molecule has 0 aliphatic carbocycles. The highest BCUT2D eigenvalue weighted by Crippen LogP contribution is 2.22. The number of quaternary nitrogens is 1. The molecule has 1 unspecified atom stereocenters. The monoisotopic (exact) mass is 143 g/mol. The van der Waals surface area contributed by atoms with Crippen molar-refractivity contribution in [3.05, 3.63) is 7.05 Å². The molecule has 1 heterocycles. The summed E-state index contributed by atoms with van der Waals surface area (Å²) in [5.74, 6) is 0. The average Bonchev–Trinajstić information content (AvgIpc) is 1.89. The number of nitrogens with two attached hydrogens (primary N) is 1. The van der Waals surface area contributed by atoms with Crippen molar-refractivity contribution in [2.24, 2.45) is 0 Å². The van der Waals surface area contributed by atoms with Crippen LogP contribution in [0.3, 0.4) is 0 Å². The first kappa shape index (κ1) is 8.02. The van der Waals surface area contributed by atoms with E-state index in [4.69, 9.17) is 4.74 Å². The van der Waals surface area contributed by atoms with Crippen LogP contribution in [0.4, 0.5) is 0 Å². The van der Waals surface area contributed by atoms with Gasteiger partial charge < -0.3 is 10.1 Å². The molecular formula is C8H17NO. The summed E-state index contributed by atoms with van der Waals surface area (Å²) < 4.78 is 5.63. The molecule has 1 rings (SSSR count). The third-order valence-corrected chi connectivity index (χ3v) is 2.13. The Bertz CT molecular complexity index is 91.9. The molecule has 1 aliphatic heterocycles. The summed E-state index contributed by atoms with van der Waals surface area (Å²) in [7, 11) is 3.72. The predicted molar refractivity (Wildman–Crippen MR) is 40.4 cm³/mol. The van der Waals surface area contributed by atoms with E-state index in [2.05, 4.69) is 14.0 Å². The second-order valence-electron chi connectivity index (χ2n) is 3.25. The molecule has 1 saturated heterocycles. The summed E-state index contributed by atoms with van der Waals surface area (Å²) >= 11 is 0. The molecule has 0 aromatic carbocycles. The van der Waals surface area contributed by atoms with Crippen LogP contribution in [0.1, 0.15) is 26.2 Å².